The van der Waals surface area contributed by atoms with Gasteiger partial charge in [-0.25, -0.2) is 5.43 Å². The summed E-state index contributed by atoms with van der Waals surface area (Å²) in [5.41, 5.74) is 6.51. The van der Waals surface area contributed by atoms with Crippen LogP contribution in [0, 0.1) is 6.92 Å². The molecule has 0 unspecified atom stereocenters. The van der Waals surface area contributed by atoms with Crippen molar-refractivity contribution >= 4 is 23.4 Å². The van der Waals surface area contributed by atoms with Crippen LogP contribution < -0.4 is 5.43 Å². The molecule has 1 heterocycles. The molecule has 0 aliphatic rings. The first kappa shape index (κ1) is 18.8. The van der Waals surface area contributed by atoms with Gasteiger partial charge in [0, 0.05) is 12.6 Å². The maximum absolute atomic E-state index is 12.1. The fourth-order valence-corrected chi connectivity index (χ4v) is 3.15. The lowest BCUT2D eigenvalue weighted by Crippen LogP contribution is -2.21. The Bertz CT molecular complexity index is 948. The molecule has 1 aromatic heterocycles. The van der Waals surface area contributed by atoms with E-state index in [1.807, 2.05) is 80.1 Å². The number of nitrogens with zero attached hydrogens (tertiary/aromatic N) is 4. The van der Waals surface area contributed by atoms with Gasteiger partial charge in [0.05, 0.1) is 11.5 Å². The van der Waals surface area contributed by atoms with Gasteiger partial charge in [-0.15, -0.1) is 10.2 Å². The van der Waals surface area contributed by atoms with E-state index in [9.17, 15) is 4.79 Å². The van der Waals surface area contributed by atoms with Crippen LogP contribution in [0.1, 0.15) is 18.1 Å². The molecule has 0 aliphatic heterocycles. The molecule has 3 aromatic rings. The molecule has 0 saturated heterocycles. The van der Waals surface area contributed by atoms with Gasteiger partial charge in [-0.05, 0) is 19.4 Å². The van der Waals surface area contributed by atoms with Gasteiger partial charge in [-0.3, -0.25) is 4.79 Å². The summed E-state index contributed by atoms with van der Waals surface area (Å²) >= 11 is 1.33. The zero-order valence-electron chi connectivity index (χ0n) is 15.5. The third-order valence-corrected chi connectivity index (χ3v) is 5.04. The lowest BCUT2D eigenvalue weighted by molar-refractivity contribution is -0.118. The summed E-state index contributed by atoms with van der Waals surface area (Å²) in [7, 11) is 1.89. The van der Waals surface area contributed by atoms with Crippen molar-refractivity contribution < 1.29 is 4.79 Å². The highest BCUT2D eigenvalue weighted by molar-refractivity contribution is 7.99. The van der Waals surface area contributed by atoms with Crippen molar-refractivity contribution in [3.63, 3.8) is 0 Å². The van der Waals surface area contributed by atoms with Crippen molar-refractivity contribution in [1.29, 1.82) is 0 Å². The van der Waals surface area contributed by atoms with Crippen molar-refractivity contribution in [3.8, 4) is 11.4 Å². The van der Waals surface area contributed by atoms with Gasteiger partial charge in [0.15, 0.2) is 11.0 Å². The van der Waals surface area contributed by atoms with Gasteiger partial charge >= 0.3 is 0 Å². The van der Waals surface area contributed by atoms with E-state index >= 15 is 0 Å². The number of carbonyl (C=O) groups is 1. The number of aryl methyl sites for hydroxylation is 1. The largest absolute Gasteiger partial charge is 0.305 e. The molecule has 1 amide bonds. The van der Waals surface area contributed by atoms with E-state index in [2.05, 4.69) is 20.7 Å². The highest BCUT2D eigenvalue weighted by atomic mass is 32.2. The number of aromatic nitrogens is 3. The second-order valence-electron chi connectivity index (χ2n) is 6.12. The Morgan fingerprint density at radius 3 is 2.52 bits per heavy atom. The number of rotatable bonds is 6. The van der Waals surface area contributed by atoms with Crippen LogP contribution in [0.3, 0.4) is 0 Å². The Morgan fingerprint density at radius 1 is 1.11 bits per heavy atom. The first-order valence-electron chi connectivity index (χ1n) is 8.52. The van der Waals surface area contributed by atoms with E-state index in [1.165, 1.54) is 17.3 Å². The van der Waals surface area contributed by atoms with E-state index in [-0.39, 0.29) is 11.7 Å². The van der Waals surface area contributed by atoms with Crippen LogP contribution in [0.5, 0.6) is 0 Å². The minimum atomic E-state index is -0.185. The molecule has 0 saturated carbocycles. The number of thioether (sulfide) groups is 1. The zero-order chi connectivity index (χ0) is 19.2. The van der Waals surface area contributed by atoms with Gasteiger partial charge in [0.1, 0.15) is 0 Å². The second-order valence-corrected chi connectivity index (χ2v) is 7.06. The van der Waals surface area contributed by atoms with Crippen LogP contribution in [-0.4, -0.2) is 32.1 Å². The highest BCUT2D eigenvalue weighted by Gasteiger charge is 2.12. The minimum Gasteiger partial charge on any atom is -0.305 e. The molecular weight excluding hydrogens is 358 g/mol. The molecule has 0 radical (unpaired) electrons. The fourth-order valence-electron chi connectivity index (χ4n) is 2.45. The van der Waals surface area contributed by atoms with Crippen molar-refractivity contribution in [3.05, 3.63) is 65.7 Å². The summed E-state index contributed by atoms with van der Waals surface area (Å²) < 4.78 is 1.88. The summed E-state index contributed by atoms with van der Waals surface area (Å²) in [5.74, 6) is 0.799. The number of hydrogen-bond acceptors (Lipinski definition) is 5. The predicted octanol–water partition coefficient (Wildman–Crippen LogP) is 3.42. The summed E-state index contributed by atoms with van der Waals surface area (Å²) in [4.78, 5) is 12.1. The normalized spacial score (nSPS) is 11.4. The molecule has 0 spiro atoms. The van der Waals surface area contributed by atoms with Gasteiger partial charge in [0.25, 0.3) is 5.91 Å². The number of nitrogens with one attached hydrogen (secondary N) is 1. The van der Waals surface area contributed by atoms with Gasteiger partial charge in [0.2, 0.25) is 0 Å². The quantitative estimate of drug-likeness (QED) is 0.405. The van der Waals surface area contributed by atoms with Crippen LogP contribution in [0.2, 0.25) is 0 Å². The Hall–Kier alpha value is -2.93. The third-order valence-electron chi connectivity index (χ3n) is 4.02. The molecule has 3 rings (SSSR count). The minimum absolute atomic E-state index is 0.185. The summed E-state index contributed by atoms with van der Waals surface area (Å²) in [6.07, 6.45) is 0. The van der Waals surface area contributed by atoms with Crippen molar-refractivity contribution in [2.75, 3.05) is 5.75 Å². The van der Waals surface area contributed by atoms with Gasteiger partial charge in [-0.1, -0.05) is 71.9 Å². The summed E-state index contributed by atoms with van der Waals surface area (Å²) in [5, 5.41) is 13.2. The van der Waals surface area contributed by atoms with Crippen LogP contribution in [0.25, 0.3) is 11.4 Å². The number of hydrazone groups is 1. The zero-order valence-corrected chi connectivity index (χ0v) is 16.3. The third kappa shape index (κ3) is 4.83. The predicted molar refractivity (Wildman–Crippen MR) is 109 cm³/mol. The molecule has 138 valence electrons. The average Bonchev–Trinajstić information content (AvgIpc) is 3.06. The van der Waals surface area contributed by atoms with E-state index in [1.54, 1.807) is 0 Å². The maximum atomic E-state index is 12.1. The van der Waals surface area contributed by atoms with Crippen LogP contribution in [-0.2, 0) is 11.8 Å². The molecule has 0 bridgehead atoms. The monoisotopic (exact) mass is 379 g/mol. The first-order chi connectivity index (χ1) is 13.0. The van der Waals surface area contributed by atoms with Crippen molar-refractivity contribution in [2.45, 2.75) is 19.0 Å². The summed E-state index contributed by atoms with van der Waals surface area (Å²) in [6.45, 7) is 3.90. The Labute approximate surface area is 162 Å². The highest BCUT2D eigenvalue weighted by Crippen LogP contribution is 2.22. The van der Waals surface area contributed by atoms with Crippen LogP contribution in [0.15, 0.2) is 64.9 Å². The fraction of sp³-hybridized carbons (Fsp3) is 0.200. The van der Waals surface area contributed by atoms with Crippen LogP contribution >= 0.6 is 11.8 Å². The number of benzene rings is 2. The number of amides is 1. The average molecular weight is 379 g/mol. The first-order valence-corrected chi connectivity index (χ1v) is 9.51. The molecule has 0 aliphatic carbocycles. The van der Waals surface area contributed by atoms with E-state index < -0.39 is 0 Å². The number of hydrogen-bond donors (Lipinski definition) is 1. The SMILES string of the molecule is C/C(=N\NC(=O)CSc1nnc(-c2ccccc2)n1C)c1ccc(C)cc1. The van der Waals surface area contributed by atoms with Crippen molar-refractivity contribution in [1.82, 2.24) is 20.2 Å². The Morgan fingerprint density at radius 2 is 1.81 bits per heavy atom. The molecular formula is C20H21N5OS. The van der Waals surface area contributed by atoms with Gasteiger partial charge in [-0.2, -0.15) is 5.10 Å². The lowest BCUT2D eigenvalue weighted by atomic mass is 10.1. The maximum Gasteiger partial charge on any atom is 0.250 e. The smallest absolute Gasteiger partial charge is 0.250 e. The second kappa shape index (κ2) is 8.64. The molecule has 2 aromatic carbocycles. The lowest BCUT2D eigenvalue weighted by Gasteiger charge is -2.04. The summed E-state index contributed by atoms with van der Waals surface area (Å²) in [6, 6.07) is 17.8. The standard InChI is InChI=1S/C20H21N5OS/c1-14-9-11-16(12-10-14)15(2)21-22-18(26)13-27-20-24-23-19(25(20)3)17-7-5-4-6-8-17/h4-12H,13H2,1-3H3,(H,22,26)/b21-15+. The molecule has 7 heteroatoms. The molecule has 0 atom stereocenters. The van der Waals surface area contributed by atoms with Crippen molar-refractivity contribution in [2.24, 2.45) is 12.1 Å². The molecule has 27 heavy (non-hydrogen) atoms. The van der Waals surface area contributed by atoms with Crippen LogP contribution in [0.4, 0.5) is 0 Å². The Balaban J connectivity index is 1.57. The van der Waals surface area contributed by atoms with E-state index in [0.717, 1.165) is 22.7 Å². The van der Waals surface area contributed by atoms with Gasteiger partial charge < -0.3 is 4.57 Å². The molecule has 0 fully saturated rings. The number of carbonyl (C=O) groups excluding carboxylic acids is 1. The van der Waals surface area contributed by atoms with E-state index in [0.29, 0.717) is 5.16 Å². The molecule has 6 nitrogen and oxygen atoms in total. The Kier molecular flexibility index (Phi) is 6.03. The topological polar surface area (TPSA) is 72.2 Å². The van der Waals surface area contributed by atoms with E-state index in [4.69, 9.17) is 0 Å². The molecule has 1 N–H and O–H groups in total.